The summed E-state index contributed by atoms with van der Waals surface area (Å²) in [5, 5.41) is 10.1. The molecule has 3 saturated heterocycles. The number of carbonyl (C=O) groups is 2. The maximum atomic E-state index is 12.7. The van der Waals surface area contributed by atoms with Gasteiger partial charge >= 0.3 is 12.1 Å². The summed E-state index contributed by atoms with van der Waals surface area (Å²) < 4.78 is 33.8. The lowest BCUT2D eigenvalue weighted by atomic mass is 9.91. The molecule has 240 valence electrons. The summed E-state index contributed by atoms with van der Waals surface area (Å²) in [4.78, 5) is 43.7. The third-order valence-corrected chi connectivity index (χ3v) is 7.57. The summed E-state index contributed by atoms with van der Waals surface area (Å²) in [7, 11) is 0. The summed E-state index contributed by atoms with van der Waals surface area (Å²) >= 11 is 5.54. The molecule has 1 aromatic carbocycles. The predicted molar refractivity (Wildman–Crippen MR) is 157 cm³/mol. The molecule has 5 rings (SSSR count). The fourth-order valence-electron chi connectivity index (χ4n) is 5.18. The standard InChI is InChI=1S/C24H32N2O11.C6H5Cl/c1-15-21(17-8-11-31-12-16(17)6-5-9-25-15)37-24(28)36-19-14-33-22-18(13-32-23(19)22)35-20(27)7-3-2-4-10-34-26(29)30;7-6-4-2-1-3-5-6/h5-6,16,18-19,22-23H,2-4,7-14H2,1H3;1-5H/b6-5?,21-17+,25-15?;/t16?,18?,19?,22-,23-;/m1./s1. The molecule has 3 unspecified atom stereocenters. The Morgan fingerprint density at radius 3 is 2.45 bits per heavy atom. The van der Waals surface area contributed by atoms with E-state index in [2.05, 4.69) is 9.83 Å². The van der Waals surface area contributed by atoms with Crippen molar-refractivity contribution in [2.75, 3.05) is 39.6 Å². The van der Waals surface area contributed by atoms with Crippen LogP contribution < -0.4 is 0 Å². The second kappa shape index (κ2) is 17.1. The van der Waals surface area contributed by atoms with Crippen LogP contribution in [0.4, 0.5) is 4.79 Å². The van der Waals surface area contributed by atoms with Gasteiger partial charge in [-0.15, -0.1) is 10.1 Å². The molecule has 0 aliphatic carbocycles. The van der Waals surface area contributed by atoms with Gasteiger partial charge in [0.05, 0.1) is 45.3 Å². The largest absolute Gasteiger partial charge is 0.514 e. The number of nitrogens with zero attached hydrogens (tertiary/aromatic N) is 2. The van der Waals surface area contributed by atoms with Crippen molar-refractivity contribution >= 4 is 29.4 Å². The number of carbonyl (C=O) groups excluding carboxylic acids is 2. The second-order valence-corrected chi connectivity index (χ2v) is 10.9. The van der Waals surface area contributed by atoms with Gasteiger partial charge in [0, 0.05) is 17.4 Å². The molecule has 1 aromatic rings. The maximum absolute atomic E-state index is 12.7. The van der Waals surface area contributed by atoms with Crippen molar-refractivity contribution in [2.45, 2.75) is 63.4 Å². The van der Waals surface area contributed by atoms with E-state index in [-0.39, 0.29) is 32.2 Å². The average Bonchev–Trinajstić information content (AvgIpc) is 3.59. The highest BCUT2D eigenvalue weighted by Gasteiger charge is 2.51. The fraction of sp³-hybridized carbons (Fsp3) is 0.567. The molecule has 13 nitrogen and oxygen atoms in total. The van der Waals surface area contributed by atoms with E-state index in [4.69, 9.17) is 40.0 Å². The van der Waals surface area contributed by atoms with Crippen molar-refractivity contribution in [3.8, 4) is 0 Å². The maximum Gasteiger partial charge on any atom is 0.514 e. The van der Waals surface area contributed by atoms with Crippen LogP contribution >= 0.6 is 11.6 Å². The molecule has 0 saturated carbocycles. The van der Waals surface area contributed by atoms with Crippen LogP contribution in [0.5, 0.6) is 0 Å². The third kappa shape index (κ3) is 10.0. The summed E-state index contributed by atoms with van der Waals surface area (Å²) in [6.45, 7) is 3.56. The smallest absolute Gasteiger partial charge is 0.457 e. The van der Waals surface area contributed by atoms with Crippen LogP contribution in [0.3, 0.4) is 0 Å². The average molecular weight is 637 g/mol. The summed E-state index contributed by atoms with van der Waals surface area (Å²) in [6.07, 6.45) is 3.06. The topological polar surface area (TPSA) is 154 Å². The summed E-state index contributed by atoms with van der Waals surface area (Å²) in [6, 6.07) is 9.44. The molecule has 0 spiro atoms. The second-order valence-electron chi connectivity index (χ2n) is 10.4. The number of benzene rings is 1. The van der Waals surface area contributed by atoms with E-state index in [1.807, 2.05) is 42.5 Å². The van der Waals surface area contributed by atoms with Crippen molar-refractivity contribution in [2.24, 2.45) is 10.9 Å². The van der Waals surface area contributed by atoms with Gasteiger partial charge in [-0.25, -0.2) is 4.79 Å². The molecule has 44 heavy (non-hydrogen) atoms. The zero-order valence-corrected chi connectivity index (χ0v) is 25.2. The van der Waals surface area contributed by atoms with Crippen molar-refractivity contribution in [3.05, 3.63) is 69.0 Å². The Balaban J connectivity index is 0.000000555. The predicted octanol–water partition coefficient (Wildman–Crippen LogP) is 4.65. The molecule has 4 aliphatic heterocycles. The number of ether oxygens (including phenoxy) is 6. The van der Waals surface area contributed by atoms with Crippen LogP contribution in [-0.2, 0) is 38.1 Å². The minimum atomic E-state index is -0.869. The highest BCUT2D eigenvalue weighted by molar-refractivity contribution is 6.30. The zero-order chi connectivity index (χ0) is 31.3. The SMILES string of the molecule is CC1=NCC=CC2COCC/C2=C/1OC(=O)OC1CO[C@@H]2C(OC(=O)CCCCCO[N+](=O)[O-])CO[C@H]12.Clc1ccccc1. The van der Waals surface area contributed by atoms with Gasteiger partial charge < -0.3 is 33.3 Å². The number of fused-ring (bicyclic) bond motifs is 2. The first kappa shape index (κ1) is 33.4. The minimum Gasteiger partial charge on any atom is -0.457 e. The Kier molecular flexibility index (Phi) is 13.0. The van der Waals surface area contributed by atoms with Crippen LogP contribution in [0.1, 0.15) is 39.0 Å². The van der Waals surface area contributed by atoms with Crippen molar-refractivity contribution < 1.29 is 47.9 Å². The first-order valence-electron chi connectivity index (χ1n) is 14.6. The van der Waals surface area contributed by atoms with Gasteiger partial charge in [-0.2, -0.15) is 0 Å². The number of esters is 1. The van der Waals surface area contributed by atoms with Gasteiger partial charge in [-0.1, -0.05) is 48.4 Å². The lowest BCUT2D eigenvalue weighted by molar-refractivity contribution is -0.757. The zero-order valence-electron chi connectivity index (χ0n) is 24.5. The molecule has 0 radical (unpaired) electrons. The number of halogens is 1. The Hall–Kier alpha value is -3.52. The van der Waals surface area contributed by atoms with Crippen LogP contribution in [0.2, 0.25) is 5.02 Å². The number of unbranched alkanes of at least 4 members (excludes halogenated alkanes) is 2. The van der Waals surface area contributed by atoms with Gasteiger partial charge in [0.2, 0.25) is 0 Å². The van der Waals surface area contributed by atoms with Crippen LogP contribution in [0.25, 0.3) is 0 Å². The summed E-state index contributed by atoms with van der Waals surface area (Å²) in [5.74, 6) is 0.0238. The van der Waals surface area contributed by atoms with Gasteiger partial charge in [0.1, 0.15) is 12.2 Å². The number of hydrogen-bond donors (Lipinski definition) is 0. The van der Waals surface area contributed by atoms with E-state index in [0.29, 0.717) is 56.9 Å². The number of hydrogen-bond acceptors (Lipinski definition) is 12. The third-order valence-electron chi connectivity index (χ3n) is 7.32. The van der Waals surface area contributed by atoms with Crippen molar-refractivity contribution in [3.63, 3.8) is 0 Å². The quantitative estimate of drug-likeness (QED) is 0.116. The first-order chi connectivity index (χ1) is 21.3. The van der Waals surface area contributed by atoms with Crippen LogP contribution in [0, 0.1) is 16.0 Å². The molecule has 0 amide bonds. The van der Waals surface area contributed by atoms with Crippen LogP contribution in [-0.4, -0.2) is 86.9 Å². The molecule has 3 fully saturated rings. The molecule has 5 atom stereocenters. The van der Waals surface area contributed by atoms with Gasteiger partial charge in [-0.3, -0.25) is 9.79 Å². The lowest BCUT2D eigenvalue weighted by Crippen LogP contribution is -2.36. The molecule has 0 bridgehead atoms. The highest BCUT2D eigenvalue weighted by Crippen LogP contribution is 2.32. The van der Waals surface area contributed by atoms with Gasteiger partial charge in [-0.05, 0) is 43.9 Å². The molecule has 0 aromatic heterocycles. The monoisotopic (exact) mass is 636 g/mol. The molecule has 0 N–H and O–H groups in total. The number of rotatable bonds is 10. The summed E-state index contributed by atoms with van der Waals surface area (Å²) in [5.41, 5.74) is 1.58. The lowest BCUT2D eigenvalue weighted by Gasteiger charge is -2.27. The van der Waals surface area contributed by atoms with E-state index in [1.165, 1.54) is 0 Å². The Morgan fingerprint density at radius 2 is 1.77 bits per heavy atom. The van der Waals surface area contributed by atoms with Crippen molar-refractivity contribution in [1.82, 2.24) is 0 Å². The first-order valence-corrected chi connectivity index (χ1v) is 15.0. The number of aliphatic imine (C=N–C) groups is 1. The van der Waals surface area contributed by atoms with E-state index in [9.17, 15) is 19.7 Å². The number of allylic oxidation sites excluding steroid dienone is 1. The van der Waals surface area contributed by atoms with Gasteiger partial charge in [0.15, 0.2) is 18.0 Å². The fourth-order valence-corrected chi connectivity index (χ4v) is 5.33. The Morgan fingerprint density at radius 1 is 1.05 bits per heavy atom. The molecule has 4 aliphatic rings. The van der Waals surface area contributed by atoms with E-state index < -0.39 is 41.6 Å². The molecular formula is C30H37ClN2O11. The van der Waals surface area contributed by atoms with Gasteiger partial charge in [0.25, 0.3) is 5.09 Å². The normalized spacial score (nSPS) is 27.3. The van der Waals surface area contributed by atoms with E-state index in [0.717, 1.165) is 10.6 Å². The molecule has 14 heteroatoms. The minimum absolute atomic E-state index is 0.00304. The Labute approximate surface area is 260 Å². The van der Waals surface area contributed by atoms with E-state index >= 15 is 0 Å². The van der Waals surface area contributed by atoms with Crippen LogP contribution in [0.15, 0.2) is 58.8 Å². The van der Waals surface area contributed by atoms with Crippen molar-refractivity contribution in [1.29, 1.82) is 0 Å². The molecular weight excluding hydrogens is 600 g/mol. The van der Waals surface area contributed by atoms with E-state index in [1.54, 1.807) is 6.92 Å². The highest BCUT2D eigenvalue weighted by atomic mass is 35.5. The molecule has 4 heterocycles. The Bertz CT molecular complexity index is 1220.